The minimum absolute atomic E-state index is 0.283. The lowest BCUT2D eigenvalue weighted by atomic mass is 9.68. The second kappa shape index (κ2) is 16.1. The van der Waals surface area contributed by atoms with Crippen LogP contribution in [0.4, 0.5) is 34.1 Å². The van der Waals surface area contributed by atoms with Gasteiger partial charge in [0, 0.05) is 44.3 Å². The van der Waals surface area contributed by atoms with Gasteiger partial charge in [-0.15, -0.1) is 0 Å². The minimum atomic E-state index is -0.519. The molecule has 350 valence electrons. The predicted molar refractivity (Wildman–Crippen MR) is 305 cm³/mol. The van der Waals surface area contributed by atoms with Gasteiger partial charge in [-0.25, -0.2) is 0 Å². The number of para-hydroxylation sites is 2. The Hall–Kier alpha value is -9.38. The number of fused-ring (bicyclic) bond motifs is 12. The van der Waals surface area contributed by atoms with Crippen molar-refractivity contribution in [2.75, 3.05) is 9.80 Å². The van der Waals surface area contributed by atoms with E-state index in [2.05, 4.69) is 272 Å². The zero-order valence-corrected chi connectivity index (χ0v) is 41.0. The molecule has 11 aromatic carbocycles. The van der Waals surface area contributed by atoms with E-state index in [-0.39, 0.29) is 5.41 Å². The molecule has 0 unspecified atom stereocenters. The molecular formula is C70H48N2O2. The smallest absolute Gasteiger partial charge is 0.137 e. The van der Waals surface area contributed by atoms with Crippen molar-refractivity contribution < 1.29 is 8.83 Å². The Morgan fingerprint density at radius 2 is 0.811 bits per heavy atom. The van der Waals surface area contributed by atoms with Crippen LogP contribution in [-0.2, 0) is 10.8 Å². The highest BCUT2D eigenvalue weighted by Crippen LogP contribution is 2.59. The van der Waals surface area contributed by atoms with Gasteiger partial charge < -0.3 is 18.6 Å². The number of nitrogens with zero attached hydrogens (tertiary/aromatic N) is 2. The van der Waals surface area contributed by atoms with Crippen molar-refractivity contribution in [3.63, 3.8) is 0 Å². The fraction of sp³-hybridized carbons (Fsp3) is 0.0571. The first-order valence-electron chi connectivity index (χ1n) is 25.6. The van der Waals surface area contributed by atoms with Gasteiger partial charge in [0.2, 0.25) is 0 Å². The van der Waals surface area contributed by atoms with Crippen LogP contribution in [0.25, 0.3) is 66.1 Å². The van der Waals surface area contributed by atoms with Crippen LogP contribution < -0.4 is 9.80 Å². The van der Waals surface area contributed by atoms with Gasteiger partial charge in [0.15, 0.2) is 0 Å². The number of hydrogen-bond acceptors (Lipinski definition) is 4. The second-order valence-corrected chi connectivity index (χ2v) is 20.3. The van der Waals surface area contributed by atoms with Gasteiger partial charge in [0.05, 0.1) is 22.2 Å². The van der Waals surface area contributed by atoms with Crippen LogP contribution in [0.1, 0.15) is 47.2 Å². The van der Waals surface area contributed by atoms with Crippen molar-refractivity contribution in [2.24, 2.45) is 0 Å². The highest BCUT2D eigenvalue weighted by Gasteiger charge is 2.46. The van der Waals surface area contributed by atoms with Crippen LogP contribution in [0.2, 0.25) is 0 Å². The Morgan fingerprint density at radius 1 is 0.311 bits per heavy atom. The number of benzene rings is 11. The van der Waals surface area contributed by atoms with Crippen LogP contribution in [0.5, 0.6) is 0 Å². The molecule has 13 aromatic rings. The Bertz CT molecular complexity index is 4330. The maximum Gasteiger partial charge on any atom is 0.137 e. The summed E-state index contributed by atoms with van der Waals surface area (Å²) in [5.74, 6) is 0. The molecular weight excluding hydrogens is 901 g/mol. The van der Waals surface area contributed by atoms with Gasteiger partial charge in [-0.1, -0.05) is 190 Å². The number of furan rings is 2. The fourth-order valence-corrected chi connectivity index (χ4v) is 13.0. The molecule has 0 amide bonds. The molecule has 2 heterocycles. The molecule has 0 spiro atoms. The first-order valence-corrected chi connectivity index (χ1v) is 25.6. The van der Waals surface area contributed by atoms with Crippen LogP contribution in [0.15, 0.2) is 264 Å². The van der Waals surface area contributed by atoms with Gasteiger partial charge in [-0.05, 0) is 134 Å². The normalized spacial score (nSPS) is 13.8. The molecule has 0 saturated carbocycles. The number of hydrogen-bond donors (Lipinski definition) is 0. The SMILES string of the molecule is CC1(C)c2ccccc2-c2cccc(N(c3cccc(N(c4ccc5c(c4)-c4ccccc4C5(c4ccccc4)c4ccccc4)c4ccc5oc6ccccc6c5c4)c3)c3cccc4oc5ccccc5c34)c21. The summed E-state index contributed by atoms with van der Waals surface area (Å²) >= 11 is 0. The van der Waals surface area contributed by atoms with Crippen molar-refractivity contribution in [1.29, 1.82) is 0 Å². The molecule has 2 aliphatic rings. The average Bonchev–Trinajstić information content (AvgIpc) is 4.18. The molecule has 0 radical (unpaired) electrons. The summed E-state index contributed by atoms with van der Waals surface area (Å²) in [5, 5.41) is 4.31. The van der Waals surface area contributed by atoms with Crippen molar-refractivity contribution >= 4 is 78.0 Å². The maximum atomic E-state index is 6.63. The third-order valence-electron chi connectivity index (χ3n) is 16.1. The summed E-state index contributed by atoms with van der Waals surface area (Å²) in [5.41, 5.74) is 21.6. The number of anilines is 6. The lowest BCUT2D eigenvalue weighted by molar-refractivity contribution is 0.661. The molecule has 0 saturated heterocycles. The molecule has 15 rings (SSSR count). The topological polar surface area (TPSA) is 32.8 Å². The first-order chi connectivity index (χ1) is 36.5. The van der Waals surface area contributed by atoms with E-state index in [1.54, 1.807) is 0 Å². The van der Waals surface area contributed by atoms with E-state index in [9.17, 15) is 0 Å². The van der Waals surface area contributed by atoms with E-state index >= 15 is 0 Å². The molecule has 0 N–H and O–H groups in total. The van der Waals surface area contributed by atoms with E-state index < -0.39 is 5.41 Å². The van der Waals surface area contributed by atoms with E-state index in [1.807, 2.05) is 6.07 Å². The Balaban J connectivity index is 0.989. The van der Waals surface area contributed by atoms with Gasteiger partial charge >= 0.3 is 0 Å². The van der Waals surface area contributed by atoms with Crippen molar-refractivity contribution in [2.45, 2.75) is 24.7 Å². The molecule has 0 fully saturated rings. The molecule has 4 heteroatoms. The quantitative estimate of drug-likeness (QED) is 0.152. The first kappa shape index (κ1) is 42.3. The van der Waals surface area contributed by atoms with Crippen molar-refractivity contribution in [3.05, 3.63) is 288 Å². The summed E-state index contributed by atoms with van der Waals surface area (Å²) < 4.78 is 13.1. The fourth-order valence-electron chi connectivity index (χ4n) is 13.0. The van der Waals surface area contributed by atoms with Gasteiger partial charge in [0.25, 0.3) is 0 Å². The molecule has 0 aliphatic heterocycles. The summed E-state index contributed by atoms with van der Waals surface area (Å²) in [7, 11) is 0. The third kappa shape index (κ3) is 6.03. The molecule has 0 bridgehead atoms. The van der Waals surface area contributed by atoms with E-state index in [1.165, 1.54) is 55.6 Å². The Kier molecular flexibility index (Phi) is 9.19. The summed E-state index contributed by atoms with van der Waals surface area (Å²) in [4.78, 5) is 4.91. The lowest BCUT2D eigenvalue weighted by Crippen LogP contribution is -2.28. The minimum Gasteiger partial charge on any atom is -0.456 e. The molecule has 4 nitrogen and oxygen atoms in total. The largest absolute Gasteiger partial charge is 0.456 e. The Labute approximate surface area is 429 Å². The average molecular weight is 949 g/mol. The van der Waals surface area contributed by atoms with E-state index in [4.69, 9.17) is 8.83 Å². The van der Waals surface area contributed by atoms with Crippen LogP contribution >= 0.6 is 0 Å². The lowest BCUT2D eigenvalue weighted by Gasteiger charge is -2.34. The maximum absolute atomic E-state index is 6.63. The van der Waals surface area contributed by atoms with Gasteiger partial charge in [-0.2, -0.15) is 0 Å². The van der Waals surface area contributed by atoms with Crippen molar-refractivity contribution in [1.82, 2.24) is 0 Å². The van der Waals surface area contributed by atoms with Crippen LogP contribution in [-0.4, -0.2) is 0 Å². The highest BCUT2D eigenvalue weighted by atomic mass is 16.3. The number of rotatable bonds is 8. The standard InChI is InChI=1S/C70H48N2O2/c1-69(2)58-31-13-9-26-51(58)54-30-18-34-62(68(54)69)72(61-33-19-37-66-67(61)55-29-12-16-36-64(55)74-66)48-25-17-24-47(42-48)71(50-39-41-65-57(44-50)53-28-11-15-35-63(53)73-65)49-38-40-60-56(43-49)52-27-10-14-32-59(52)70(60,45-20-5-3-6-21-45)46-22-7-4-8-23-46/h3-44H,1-2H3. The highest BCUT2D eigenvalue weighted by molar-refractivity contribution is 6.14. The summed E-state index contributed by atoms with van der Waals surface area (Å²) in [6.45, 7) is 4.74. The molecule has 2 aliphatic carbocycles. The monoisotopic (exact) mass is 948 g/mol. The predicted octanol–water partition coefficient (Wildman–Crippen LogP) is 19.1. The zero-order valence-electron chi connectivity index (χ0n) is 41.0. The van der Waals surface area contributed by atoms with Gasteiger partial charge in [0.1, 0.15) is 22.3 Å². The summed E-state index contributed by atoms with van der Waals surface area (Å²) in [6.07, 6.45) is 0. The second-order valence-electron chi connectivity index (χ2n) is 20.3. The van der Waals surface area contributed by atoms with Crippen molar-refractivity contribution in [3.8, 4) is 22.3 Å². The zero-order chi connectivity index (χ0) is 49.1. The third-order valence-corrected chi connectivity index (χ3v) is 16.1. The molecule has 74 heavy (non-hydrogen) atoms. The molecule has 2 aromatic heterocycles. The van der Waals surface area contributed by atoms with Crippen LogP contribution in [0, 0.1) is 0 Å². The van der Waals surface area contributed by atoms with Gasteiger partial charge in [-0.3, -0.25) is 0 Å². The summed E-state index contributed by atoms with van der Waals surface area (Å²) in [6, 6.07) is 92.9. The van der Waals surface area contributed by atoms with E-state index in [0.717, 1.165) is 78.0 Å². The van der Waals surface area contributed by atoms with Crippen LogP contribution in [0.3, 0.4) is 0 Å². The Morgan fingerprint density at radius 3 is 1.58 bits per heavy atom. The van der Waals surface area contributed by atoms with E-state index in [0.29, 0.717) is 0 Å². The molecule has 0 atom stereocenters.